The van der Waals surface area contributed by atoms with Crippen LogP contribution in [0.15, 0.2) is 53.6 Å². The molecule has 1 N–H and O–H groups in total. The van der Waals surface area contributed by atoms with Crippen molar-refractivity contribution in [2.45, 2.75) is 6.92 Å². The molecule has 0 radical (unpaired) electrons. The van der Waals surface area contributed by atoms with Crippen LogP contribution < -0.4 is 14.9 Å². The third kappa shape index (κ3) is 5.64. The summed E-state index contributed by atoms with van der Waals surface area (Å²) in [6, 6.07) is 14.3. The summed E-state index contributed by atoms with van der Waals surface area (Å²) in [4.78, 5) is 11.7. The molecule has 0 atom stereocenters. The fourth-order valence-corrected chi connectivity index (χ4v) is 1.87. The third-order valence-electron chi connectivity index (χ3n) is 2.78. The largest absolute Gasteiger partial charge is 0.490 e. The van der Waals surface area contributed by atoms with Crippen LogP contribution in [-0.4, -0.2) is 25.3 Å². The molecule has 0 saturated heterocycles. The molecule has 0 heterocycles. The number of rotatable bonds is 7. The molecule has 0 aliphatic heterocycles. The van der Waals surface area contributed by atoms with Gasteiger partial charge in [-0.25, -0.2) is 5.43 Å². The molecular weight excluding hydrogens is 316 g/mol. The molecule has 0 aliphatic carbocycles. The molecule has 0 unspecified atom stereocenters. The van der Waals surface area contributed by atoms with Crippen LogP contribution in [0.2, 0.25) is 5.02 Å². The van der Waals surface area contributed by atoms with Crippen molar-refractivity contribution < 1.29 is 14.3 Å². The van der Waals surface area contributed by atoms with E-state index in [1.54, 1.807) is 36.4 Å². The van der Waals surface area contributed by atoms with E-state index in [1.165, 1.54) is 6.21 Å². The normalized spacial score (nSPS) is 10.5. The number of carbonyl (C=O) groups is 1. The molecule has 0 fully saturated rings. The first-order valence-corrected chi connectivity index (χ1v) is 7.49. The van der Waals surface area contributed by atoms with Gasteiger partial charge in [0, 0.05) is 5.02 Å². The number of benzene rings is 2. The average molecular weight is 333 g/mol. The van der Waals surface area contributed by atoms with Crippen molar-refractivity contribution in [3.63, 3.8) is 0 Å². The Morgan fingerprint density at radius 2 is 1.78 bits per heavy atom. The highest BCUT2D eigenvalue weighted by Crippen LogP contribution is 2.26. The van der Waals surface area contributed by atoms with E-state index in [2.05, 4.69) is 10.5 Å². The first-order valence-electron chi connectivity index (χ1n) is 7.11. The van der Waals surface area contributed by atoms with Crippen molar-refractivity contribution in [3.8, 4) is 11.5 Å². The van der Waals surface area contributed by atoms with Gasteiger partial charge in [-0.1, -0.05) is 35.9 Å². The third-order valence-corrected chi connectivity index (χ3v) is 3.03. The number of para-hydroxylation sites is 2. The summed E-state index contributed by atoms with van der Waals surface area (Å²) < 4.78 is 10.9. The SMILES string of the molecule is CCOc1ccccc1OCC(=O)NN=Cc1ccc(Cl)cc1. The fraction of sp³-hybridized carbons (Fsp3) is 0.176. The molecule has 0 aromatic heterocycles. The van der Waals surface area contributed by atoms with Crippen LogP contribution in [-0.2, 0) is 4.79 Å². The zero-order valence-corrected chi connectivity index (χ0v) is 13.4. The fourth-order valence-electron chi connectivity index (χ4n) is 1.75. The Morgan fingerprint density at radius 3 is 2.43 bits per heavy atom. The summed E-state index contributed by atoms with van der Waals surface area (Å²) in [5.74, 6) is 0.764. The quantitative estimate of drug-likeness (QED) is 0.625. The highest BCUT2D eigenvalue weighted by atomic mass is 35.5. The highest BCUT2D eigenvalue weighted by Gasteiger charge is 2.06. The van der Waals surface area contributed by atoms with E-state index in [4.69, 9.17) is 21.1 Å². The Morgan fingerprint density at radius 1 is 1.13 bits per heavy atom. The second-order valence-corrected chi connectivity index (χ2v) is 4.95. The highest BCUT2D eigenvalue weighted by molar-refractivity contribution is 6.30. The molecule has 2 rings (SSSR count). The molecule has 6 heteroatoms. The van der Waals surface area contributed by atoms with Gasteiger partial charge in [-0.15, -0.1) is 0 Å². The molecule has 0 spiro atoms. The van der Waals surface area contributed by atoms with Crippen molar-refractivity contribution in [2.75, 3.05) is 13.2 Å². The molecule has 23 heavy (non-hydrogen) atoms. The number of hydrazone groups is 1. The van der Waals surface area contributed by atoms with Gasteiger partial charge in [0.05, 0.1) is 12.8 Å². The lowest BCUT2D eigenvalue weighted by Gasteiger charge is -2.10. The van der Waals surface area contributed by atoms with Gasteiger partial charge >= 0.3 is 0 Å². The Balaban J connectivity index is 1.82. The van der Waals surface area contributed by atoms with Gasteiger partial charge in [0.25, 0.3) is 5.91 Å². The van der Waals surface area contributed by atoms with Crippen LogP contribution in [0.5, 0.6) is 11.5 Å². The number of ether oxygens (including phenoxy) is 2. The zero-order valence-electron chi connectivity index (χ0n) is 12.7. The van der Waals surface area contributed by atoms with E-state index in [1.807, 2.05) is 19.1 Å². The van der Waals surface area contributed by atoms with Crippen molar-refractivity contribution in [1.29, 1.82) is 0 Å². The zero-order chi connectivity index (χ0) is 16.5. The molecule has 0 aliphatic rings. The predicted octanol–water partition coefficient (Wildman–Crippen LogP) is 3.27. The number of hydrogen-bond acceptors (Lipinski definition) is 4. The maximum absolute atomic E-state index is 11.7. The van der Waals surface area contributed by atoms with E-state index in [0.717, 1.165) is 5.56 Å². The van der Waals surface area contributed by atoms with Gasteiger partial charge in [0.1, 0.15) is 0 Å². The standard InChI is InChI=1S/C17H17ClN2O3/c1-2-22-15-5-3-4-6-16(15)23-12-17(21)20-19-11-13-7-9-14(18)10-8-13/h3-11H,2,12H2,1H3,(H,20,21). The molecule has 2 aromatic carbocycles. The molecule has 1 amide bonds. The first kappa shape index (κ1) is 16.8. The van der Waals surface area contributed by atoms with Gasteiger partial charge in [0.15, 0.2) is 18.1 Å². The monoisotopic (exact) mass is 332 g/mol. The molecule has 0 bridgehead atoms. The summed E-state index contributed by atoms with van der Waals surface area (Å²) in [7, 11) is 0. The maximum Gasteiger partial charge on any atom is 0.277 e. The van der Waals surface area contributed by atoms with Crippen molar-refractivity contribution in [2.24, 2.45) is 5.10 Å². The number of hydrogen-bond donors (Lipinski definition) is 1. The van der Waals surface area contributed by atoms with Crippen molar-refractivity contribution in [1.82, 2.24) is 5.43 Å². The van der Waals surface area contributed by atoms with Gasteiger partial charge in [-0.05, 0) is 36.8 Å². The lowest BCUT2D eigenvalue weighted by Crippen LogP contribution is -2.24. The minimum Gasteiger partial charge on any atom is -0.490 e. The van der Waals surface area contributed by atoms with E-state index in [-0.39, 0.29) is 12.5 Å². The number of amides is 1. The number of halogens is 1. The van der Waals surface area contributed by atoms with Crippen molar-refractivity contribution in [3.05, 3.63) is 59.1 Å². The summed E-state index contributed by atoms with van der Waals surface area (Å²) >= 11 is 5.79. The summed E-state index contributed by atoms with van der Waals surface area (Å²) in [5, 5.41) is 4.51. The lowest BCUT2D eigenvalue weighted by molar-refractivity contribution is -0.123. The molecule has 2 aromatic rings. The van der Waals surface area contributed by atoms with Gasteiger partial charge in [-0.3, -0.25) is 4.79 Å². The van der Waals surface area contributed by atoms with Crippen LogP contribution >= 0.6 is 11.6 Å². The second-order valence-electron chi connectivity index (χ2n) is 4.51. The second kappa shape index (κ2) is 8.80. The van der Waals surface area contributed by atoms with Crippen LogP contribution in [0.3, 0.4) is 0 Å². The molecular formula is C17H17ClN2O3. The average Bonchev–Trinajstić information content (AvgIpc) is 2.56. The van der Waals surface area contributed by atoms with Crippen molar-refractivity contribution >= 4 is 23.7 Å². The molecule has 120 valence electrons. The number of carbonyl (C=O) groups excluding carboxylic acids is 1. The lowest BCUT2D eigenvalue weighted by atomic mass is 10.2. The number of nitrogens with one attached hydrogen (secondary N) is 1. The Labute approximate surface area is 139 Å². The van der Waals surface area contributed by atoms with Crippen LogP contribution in [0.1, 0.15) is 12.5 Å². The topological polar surface area (TPSA) is 59.9 Å². The molecule has 0 saturated carbocycles. The summed E-state index contributed by atoms with van der Waals surface area (Å²) in [6.45, 7) is 2.26. The van der Waals surface area contributed by atoms with E-state index >= 15 is 0 Å². The van der Waals surface area contributed by atoms with Gasteiger partial charge in [0.2, 0.25) is 0 Å². The Kier molecular flexibility index (Phi) is 6.44. The van der Waals surface area contributed by atoms with E-state index in [9.17, 15) is 4.79 Å². The summed E-state index contributed by atoms with van der Waals surface area (Å²) in [6.07, 6.45) is 1.53. The van der Waals surface area contributed by atoms with Crippen LogP contribution in [0.25, 0.3) is 0 Å². The smallest absolute Gasteiger partial charge is 0.277 e. The van der Waals surface area contributed by atoms with Crippen LogP contribution in [0.4, 0.5) is 0 Å². The predicted molar refractivity (Wildman–Crippen MR) is 90.3 cm³/mol. The Hall–Kier alpha value is -2.53. The van der Waals surface area contributed by atoms with Crippen LogP contribution in [0, 0.1) is 0 Å². The number of nitrogens with zero attached hydrogens (tertiary/aromatic N) is 1. The van der Waals surface area contributed by atoms with Gasteiger partial charge < -0.3 is 9.47 Å². The maximum atomic E-state index is 11.7. The van der Waals surface area contributed by atoms with E-state index in [0.29, 0.717) is 23.1 Å². The minimum absolute atomic E-state index is 0.151. The van der Waals surface area contributed by atoms with Gasteiger partial charge in [-0.2, -0.15) is 5.10 Å². The van der Waals surface area contributed by atoms with E-state index < -0.39 is 0 Å². The molecule has 5 nitrogen and oxygen atoms in total. The summed E-state index contributed by atoms with van der Waals surface area (Å²) in [5.41, 5.74) is 3.23. The first-order chi connectivity index (χ1) is 11.2. The minimum atomic E-state index is -0.360. The Bertz CT molecular complexity index is 672.